The van der Waals surface area contributed by atoms with Crippen molar-refractivity contribution in [1.29, 1.82) is 0 Å². The van der Waals surface area contributed by atoms with Gasteiger partial charge >= 0.3 is 5.15 Å². The van der Waals surface area contributed by atoms with Gasteiger partial charge in [0.05, 0.1) is 38.6 Å². The van der Waals surface area contributed by atoms with Crippen LogP contribution in [0.25, 0.3) is 5.65 Å². The van der Waals surface area contributed by atoms with Crippen molar-refractivity contribution in [3.05, 3.63) is 41.8 Å². The van der Waals surface area contributed by atoms with Crippen LogP contribution in [0.5, 0.6) is 0 Å². The highest BCUT2D eigenvalue weighted by molar-refractivity contribution is 6.28. The molecule has 1 fully saturated rings. The average molecular weight is 359 g/mol. The molecule has 0 amide bonds. The molecule has 0 radical (unpaired) electrons. The van der Waals surface area contributed by atoms with Crippen molar-refractivity contribution in [2.24, 2.45) is 20.0 Å². The molecule has 1 saturated heterocycles. The van der Waals surface area contributed by atoms with Crippen LogP contribution >= 0.6 is 11.6 Å². The number of nitrogens with zero attached hydrogens (tertiary/aromatic N) is 5. The Morgan fingerprint density at radius 3 is 2.92 bits per heavy atom. The van der Waals surface area contributed by atoms with Gasteiger partial charge in [0.1, 0.15) is 0 Å². The number of hydrogen-bond acceptors (Lipinski definition) is 3. The number of aromatic nitrogens is 4. The maximum atomic E-state index is 6.37. The maximum Gasteiger partial charge on any atom is 0.302 e. The van der Waals surface area contributed by atoms with Crippen LogP contribution in [0.2, 0.25) is 5.15 Å². The number of fused-ring (bicyclic) bond motifs is 1. The average Bonchev–Trinajstić information content (AvgIpc) is 3.23. The minimum atomic E-state index is 0.639. The van der Waals surface area contributed by atoms with Gasteiger partial charge in [-0.05, 0) is 30.0 Å². The summed E-state index contributed by atoms with van der Waals surface area (Å²) >= 11 is 6.37. The lowest BCUT2D eigenvalue weighted by molar-refractivity contribution is -0.738. The topological polar surface area (TPSA) is 40.3 Å². The first-order valence-corrected chi connectivity index (χ1v) is 8.95. The van der Waals surface area contributed by atoms with E-state index in [0.29, 0.717) is 5.15 Å². The van der Waals surface area contributed by atoms with Gasteiger partial charge in [-0.1, -0.05) is 11.6 Å². The van der Waals surface area contributed by atoms with Gasteiger partial charge in [-0.2, -0.15) is 0 Å². The second-order valence-electron chi connectivity index (χ2n) is 6.79. The van der Waals surface area contributed by atoms with Gasteiger partial charge in [0.25, 0.3) is 0 Å². The van der Waals surface area contributed by atoms with Gasteiger partial charge < -0.3 is 0 Å². The molecule has 1 aliphatic rings. The van der Waals surface area contributed by atoms with E-state index < -0.39 is 0 Å². The molecule has 0 aliphatic carbocycles. The smallest absolute Gasteiger partial charge is 0.292 e. The Kier molecular flexibility index (Phi) is 4.00. The molecule has 0 aromatic carbocycles. The van der Waals surface area contributed by atoms with E-state index in [2.05, 4.69) is 51.9 Å². The second kappa shape index (κ2) is 6.19. The summed E-state index contributed by atoms with van der Waals surface area (Å²) in [6, 6.07) is 8.25. The Morgan fingerprint density at radius 1 is 1.32 bits per heavy atom. The third kappa shape index (κ3) is 2.80. The zero-order valence-electron chi connectivity index (χ0n) is 14.8. The standard InChI is InChI=1S/C18H22ClN6/c1-13-7-9-24(12-13)17-6-4-5-16(22(17)2)21-14-11-15(19)23(3)25-10-8-20-18(14)25/h4-6,8,10-11,13H,7,9,12H2,1-3H3/q+1/p+1. The zero-order valence-corrected chi connectivity index (χ0v) is 15.5. The minimum absolute atomic E-state index is 0.639. The van der Waals surface area contributed by atoms with E-state index in [4.69, 9.17) is 11.6 Å². The van der Waals surface area contributed by atoms with E-state index >= 15 is 0 Å². The summed E-state index contributed by atoms with van der Waals surface area (Å²) in [6.45, 7) is 4.52. The number of rotatable bonds is 3. The molecule has 3 aromatic rings. The van der Waals surface area contributed by atoms with Crippen LogP contribution in [0, 0.1) is 5.92 Å². The van der Waals surface area contributed by atoms with Crippen LogP contribution in [-0.4, -0.2) is 22.6 Å². The van der Waals surface area contributed by atoms with Crippen LogP contribution in [0.1, 0.15) is 13.3 Å². The van der Waals surface area contributed by atoms with E-state index in [1.54, 1.807) is 6.20 Å². The first-order valence-electron chi connectivity index (χ1n) is 8.57. The molecule has 6 nitrogen and oxygen atoms in total. The molecular formula is C18H23ClN6+2. The van der Waals surface area contributed by atoms with Crippen LogP contribution in [0.15, 0.2) is 36.7 Å². The fourth-order valence-corrected chi connectivity index (χ4v) is 3.69. The summed E-state index contributed by atoms with van der Waals surface area (Å²) in [7, 11) is 4.00. The number of nitrogens with one attached hydrogen (secondary N) is 1. The summed E-state index contributed by atoms with van der Waals surface area (Å²) in [4.78, 5) is 6.90. The van der Waals surface area contributed by atoms with Crippen LogP contribution < -0.4 is 19.5 Å². The Labute approximate surface area is 152 Å². The Balaban J connectivity index is 1.72. The Bertz CT molecular complexity index is 935. The first-order chi connectivity index (χ1) is 12.0. The summed E-state index contributed by atoms with van der Waals surface area (Å²) in [6.07, 6.45) is 4.92. The third-order valence-corrected chi connectivity index (χ3v) is 5.33. The quantitative estimate of drug-likeness (QED) is 0.730. The van der Waals surface area contributed by atoms with Gasteiger partial charge in [-0.15, -0.1) is 4.52 Å². The molecule has 1 aliphatic heterocycles. The normalized spacial score (nSPS) is 17.4. The third-order valence-electron chi connectivity index (χ3n) is 4.97. The monoisotopic (exact) mass is 358 g/mol. The van der Waals surface area contributed by atoms with Crippen molar-refractivity contribution >= 4 is 34.6 Å². The number of imidazole rings is 1. The summed E-state index contributed by atoms with van der Waals surface area (Å²) in [5, 5.41) is 4.14. The zero-order chi connectivity index (χ0) is 17.6. The van der Waals surface area contributed by atoms with E-state index in [0.717, 1.165) is 36.2 Å². The molecule has 25 heavy (non-hydrogen) atoms. The predicted molar refractivity (Wildman–Crippen MR) is 98.3 cm³/mol. The Morgan fingerprint density at radius 2 is 2.16 bits per heavy atom. The lowest BCUT2D eigenvalue weighted by atomic mass is 10.2. The summed E-state index contributed by atoms with van der Waals surface area (Å²) in [5.74, 6) is 2.97. The molecule has 4 rings (SSSR count). The SMILES string of the molecule is CC1CCN(c2cccc(Nc3cc(Cl)[n+](C)n4ccnc34)[n+]2C)C1. The summed E-state index contributed by atoms with van der Waals surface area (Å²) in [5.41, 5.74) is 1.72. The highest BCUT2D eigenvalue weighted by atomic mass is 35.5. The fourth-order valence-electron chi connectivity index (χ4n) is 3.50. The molecule has 4 heterocycles. The van der Waals surface area contributed by atoms with E-state index in [1.807, 2.05) is 28.5 Å². The van der Waals surface area contributed by atoms with Gasteiger partial charge in [0, 0.05) is 12.1 Å². The largest absolute Gasteiger partial charge is 0.302 e. The van der Waals surface area contributed by atoms with E-state index in [-0.39, 0.29) is 0 Å². The van der Waals surface area contributed by atoms with Crippen molar-refractivity contribution in [2.75, 3.05) is 23.3 Å². The molecule has 0 bridgehead atoms. The highest BCUT2D eigenvalue weighted by Crippen LogP contribution is 2.24. The van der Waals surface area contributed by atoms with Crippen molar-refractivity contribution < 1.29 is 9.25 Å². The maximum absolute atomic E-state index is 6.37. The van der Waals surface area contributed by atoms with Gasteiger partial charge in [0.15, 0.2) is 12.7 Å². The van der Waals surface area contributed by atoms with Crippen molar-refractivity contribution in [2.45, 2.75) is 13.3 Å². The predicted octanol–water partition coefficient (Wildman–Crippen LogP) is 2.23. The molecule has 0 spiro atoms. The van der Waals surface area contributed by atoms with Gasteiger partial charge in [-0.3, -0.25) is 10.2 Å². The fraction of sp³-hybridized carbons (Fsp3) is 0.389. The Hall–Kier alpha value is -2.34. The molecule has 0 saturated carbocycles. The van der Waals surface area contributed by atoms with Crippen molar-refractivity contribution in [1.82, 2.24) is 9.50 Å². The lowest BCUT2D eigenvalue weighted by Gasteiger charge is -2.17. The molecular weight excluding hydrogens is 336 g/mol. The molecule has 3 aromatic heterocycles. The molecule has 1 N–H and O–H groups in total. The van der Waals surface area contributed by atoms with Crippen LogP contribution in [-0.2, 0) is 14.1 Å². The molecule has 1 unspecified atom stereocenters. The molecule has 130 valence electrons. The van der Waals surface area contributed by atoms with Crippen LogP contribution in [0.3, 0.4) is 0 Å². The number of pyridine rings is 1. The van der Waals surface area contributed by atoms with Crippen molar-refractivity contribution in [3.8, 4) is 0 Å². The number of aryl methyl sites for hydroxylation is 1. The minimum Gasteiger partial charge on any atom is -0.292 e. The van der Waals surface area contributed by atoms with Crippen molar-refractivity contribution in [3.63, 3.8) is 0 Å². The first kappa shape index (κ1) is 16.1. The lowest BCUT2D eigenvalue weighted by Crippen LogP contribution is -2.41. The van der Waals surface area contributed by atoms with E-state index in [9.17, 15) is 0 Å². The number of hydrogen-bond donors (Lipinski definition) is 1. The number of halogens is 1. The van der Waals surface area contributed by atoms with Crippen LogP contribution in [0.4, 0.5) is 17.3 Å². The van der Waals surface area contributed by atoms with Gasteiger partial charge in [-0.25, -0.2) is 9.55 Å². The van der Waals surface area contributed by atoms with Gasteiger partial charge in [0.2, 0.25) is 17.3 Å². The second-order valence-corrected chi connectivity index (χ2v) is 7.18. The summed E-state index contributed by atoms with van der Waals surface area (Å²) < 4.78 is 5.98. The van der Waals surface area contributed by atoms with E-state index in [1.165, 1.54) is 12.2 Å². The molecule has 7 heteroatoms. The number of anilines is 3. The highest BCUT2D eigenvalue weighted by Gasteiger charge is 2.26. The molecule has 1 atom stereocenters.